The van der Waals surface area contributed by atoms with Crippen molar-refractivity contribution in [2.24, 2.45) is 5.73 Å². The Morgan fingerprint density at radius 3 is 2.87 bits per heavy atom. The van der Waals surface area contributed by atoms with Gasteiger partial charge in [0, 0.05) is 6.54 Å². The van der Waals surface area contributed by atoms with Crippen molar-refractivity contribution in [2.45, 2.75) is 39.3 Å². The van der Waals surface area contributed by atoms with E-state index >= 15 is 0 Å². The van der Waals surface area contributed by atoms with Gasteiger partial charge in [-0.3, -0.25) is 9.48 Å². The highest BCUT2D eigenvalue weighted by Gasteiger charge is 2.21. The van der Waals surface area contributed by atoms with Gasteiger partial charge in [0.1, 0.15) is 5.69 Å². The van der Waals surface area contributed by atoms with E-state index in [0.717, 1.165) is 6.42 Å². The summed E-state index contributed by atoms with van der Waals surface area (Å²) >= 11 is 5.90. The lowest BCUT2D eigenvalue weighted by Crippen LogP contribution is -2.32. The van der Waals surface area contributed by atoms with Gasteiger partial charge in [0.05, 0.1) is 17.3 Å². The lowest BCUT2D eigenvalue weighted by Gasteiger charge is -2.10. The van der Waals surface area contributed by atoms with E-state index in [-0.39, 0.29) is 5.78 Å². The van der Waals surface area contributed by atoms with Crippen molar-refractivity contribution >= 4 is 17.4 Å². The second kappa shape index (κ2) is 5.28. The summed E-state index contributed by atoms with van der Waals surface area (Å²) in [5.74, 6) is -0.124. The molecule has 0 aliphatic rings. The van der Waals surface area contributed by atoms with Gasteiger partial charge in [0.25, 0.3) is 0 Å². The van der Waals surface area contributed by atoms with Gasteiger partial charge >= 0.3 is 0 Å². The Kier molecular flexibility index (Phi) is 4.29. The highest BCUT2D eigenvalue weighted by Crippen LogP contribution is 2.17. The number of carbonyl (C=O) groups excluding carboxylic acids is 1. The van der Waals surface area contributed by atoms with E-state index in [1.54, 1.807) is 4.68 Å². The zero-order valence-corrected chi connectivity index (χ0v) is 9.79. The minimum atomic E-state index is -0.477. The van der Waals surface area contributed by atoms with E-state index in [1.165, 1.54) is 6.20 Å². The first-order chi connectivity index (χ1) is 7.11. The van der Waals surface area contributed by atoms with Gasteiger partial charge in [-0.1, -0.05) is 24.9 Å². The van der Waals surface area contributed by atoms with Crippen LogP contribution in [-0.2, 0) is 6.54 Å². The fourth-order valence-electron chi connectivity index (χ4n) is 1.46. The summed E-state index contributed by atoms with van der Waals surface area (Å²) in [5, 5.41) is 4.39. The third kappa shape index (κ3) is 2.58. The second-order valence-electron chi connectivity index (χ2n) is 3.42. The van der Waals surface area contributed by atoms with Gasteiger partial charge in [-0.15, -0.1) is 0 Å². The van der Waals surface area contributed by atoms with Crippen molar-refractivity contribution in [3.8, 4) is 0 Å². The van der Waals surface area contributed by atoms with Gasteiger partial charge in [0.15, 0.2) is 5.78 Å². The number of nitrogens with two attached hydrogens (primary N) is 1. The number of hydrogen-bond donors (Lipinski definition) is 1. The van der Waals surface area contributed by atoms with Crippen LogP contribution in [0.15, 0.2) is 6.20 Å². The molecule has 0 saturated carbocycles. The Labute approximate surface area is 94.4 Å². The van der Waals surface area contributed by atoms with Crippen LogP contribution < -0.4 is 5.73 Å². The van der Waals surface area contributed by atoms with Crippen molar-refractivity contribution in [3.63, 3.8) is 0 Å². The van der Waals surface area contributed by atoms with Crippen LogP contribution >= 0.6 is 11.6 Å². The Balaban J connectivity index is 2.94. The van der Waals surface area contributed by atoms with Gasteiger partial charge in [-0.2, -0.15) is 5.10 Å². The third-order valence-electron chi connectivity index (χ3n) is 2.26. The van der Waals surface area contributed by atoms with Crippen LogP contribution in [0.2, 0.25) is 5.02 Å². The van der Waals surface area contributed by atoms with Crippen LogP contribution in [-0.4, -0.2) is 21.6 Å². The van der Waals surface area contributed by atoms with E-state index in [1.807, 2.05) is 13.8 Å². The highest BCUT2D eigenvalue weighted by atomic mass is 35.5. The molecule has 1 rings (SSSR count). The molecule has 1 atom stereocenters. The molecule has 4 nitrogen and oxygen atoms in total. The maximum atomic E-state index is 11.9. The predicted octanol–water partition coefficient (Wildman–Crippen LogP) is 1.87. The molecule has 0 saturated heterocycles. The van der Waals surface area contributed by atoms with Crippen molar-refractivity contribution in [3.05, 3.63) is 16.9 Å². The molecule has 1 unspecified atom stereocenters. The maximum Gasteiger partial charge on any atom is 0.199 e. The average molecular weight is 230 g/mol. The average Bonchev–Trinajstić information content (AvgIpc) is 2.58. The highest BCUT2D eigenvalue weighted by molar-refractivity contribution is 6.33. The first-order valence-corrected chi connectivity index (χ1v) is 5.50. The molecule has 0 radical (unpaired) electrons. The van der Waals surface area contributed by atoms with Crippen LogP contribution in [0.4, 0.5) is 0 Å². The Bertz CT molecular complexity index is 348. The van der Waals surface area contributed by atoms with Crippen molar-refractivity contribution < 1.29 is 4.79 Å². The minimum Gasteiger partial charge on any atom is -0.321 e. The number of aryl methyl sites for hydroxylation is 1. The van der Waals surface area contributed by atoms with E-state index in [4.69, 9.17) is 17.3 Å². The lowest BCUT2D eigenvalue weighted by atomic mass is 10.1. The number of aromatic nitrogens is 2. The van der Waals surface area contributed by atoms with E-state index in [0.29, 0.717) is 23.7 Å². The molecule has 0 aliphatic carbocycles. The first-order valence-electron chi connectivity index (χ1n) is 5.12. The van der Waals surface area contributed by atoms with E-state index in [9.17, 15) is 4.79 Å². The second-order valence-corrected chi connectivity index (χ2v) is 3.82. The number of nitrogens with zero attached hydrogens (tertiary/aromatic N) is 2. The zero-order valence-electron chi connectivity index (χ0n) is 9.03. The summed E-state index contributed by atoms with van der Waals surface area (Å²) in [5.41, 5.74) is 6.19. The quantitative estimate of drug-likeness (QED) is 0.785. The first kappa shape index (κ1) is 12.2. The van der Waals surface area contributed by atoms with Crippen molar-refractivity contribution in [2.75, 3.05) is 0 Å². The molecule has 0 aromatic carbocycles. The van der Waals surface area contributed by atoms with Gasteiger partial charge in [-0.25, -0.2) is 0 Å². The third-order valence-corrected chi connectivity index (χ3v) is 2.54. The molecular formula is C10H16ClN3O. The predicted molar refractivity (Wildman–Crippen MR) is 60.1 cm³/mol. The number of hydrogen-bond acceptors (Lipinski definition) is 3. The molecule has 0 amide bonds. The lowest BCUT2D eigenvalue weighted by molar-refractivity contribution is 0.0946. The summed E-state index contributed by atoms with van der Waals surface area (Å²) in [4.78, 5) is 11.9. The Morgan fingerprint density at radius 2 is 2.33 bits per heavy atom. The Hall–Kier alpha value is -0.870. The summed E-state index contributed by atoms with van der Waals surface area (Å²) in [6.45, 7) is 4.52. The molecule has 0 bridgehead atoms. The number of ketones is 1. The SMILES string of the molecule is CCCC(N)C(=O)c1c(Cl)cnn1CC. The summed E-state index contributed by atoms with van der Waals surface area (Å²) in [6.07, 6.45) is 3.03. The van der Waals surface area contributed by atoms with Gasteiger partial charge in [0.2, 0.25) is 0 Å². The molecular weight excluding hydrogens is 214 g/mol. The van der Waals surface area contributed by atoms with Crippen LogP contribution in [0.1, 0.15) is 37.2 Å². The fraction of sp³-hybridized carbons (Fsp3) is 0.600. The molecule has 84 valence electrons. The van der Waals surface area contributed by atoms with Gasteiger partial charge in [-0.05, 0) is 13.3 Å². The number of rotatable bonds is 5. The van der Waals surface area contributed by atoms with Crippen LogP contribution in [0.25, 0.3) is 0 Å². The zero-order chi connectivity index (χ0) is 11.4. The molecule has 1 aromatic rings. The molecule has 2 N–H and O–H groups in total. The normalized spacial score (nSPS) is 12.8. The minimum absolute atomic E-state index is 0.124. The monoisotopic (exact) mass is 229 g/mol. The largest absolute Gasteiger partial charge is 0.321 e. The topological polar surface area (TPSA) is 60.9 Å². The number of Topliss-reactive ketones (excluding diaryl/α,β-unsaturated/α-hetero) is 1. The van der Waals surface area contributed by atoms with Crippen molar-refractivity contribution in [1.82, 2.24) is 9.78 Å². The summed E-state index contributed by atoms with van der Waals surface area (Å²) in [7, 11) is 0. The van der Waals surface area contributed by atoms with Crippen LogP contribution in [0.3, 0.4) is 0 Å². The Morgan fingerprint density at radius 1 is 1.67 bits per heavy atom. The number of halogens is 1. The van der Waals surface area contributed by atoms with Gasteiger partial charge < -0.3 is 5.73 Å². The smallest absolute Gasteiger partial charge is 0.199 e. The summed E-state index contributed by atoms with van der Waals surface area (Å²) < 4.78 is 1.58. The molecule has 0 spiro atoms. The van der Waals surface area contributed by atoms with E-state index in [2.05, 4.69) is 5.10 Å². The fourth-order valence-corrected chi connectivity index (χ4v) is 1.70. The molecule has 1 aromatic heterocycles. The standard InChI is InChI=1S/C10H16ClN3O/c1-3-5-8(12)10(15)9-7(11)6-13-14(9)4-2/h6,8H,3-5,12H2,1-2H3. The van der Waals surface area contributed by atoms with Crippen LogP contribution in [0, 0.1) is 0 Å². The molecule has 5 heteroatoms. The maximum absolute atomic E-state index is 11.9. The van der Waals surface area contributed by atoms with Crippen LogP contribution in [0.5, 0.6) is 0 Å². The molecule has 0 aliphatic heterocycles. The summed E-state index contributed by atoms with van der Waals surface area (Å²) in [6, 6.07) is -0.477. The molecule has 0 fully saturated rings. The number of carbonyl (C=O) groups is 1. The molecule has 15 heavy (non-hydrogen) atoms. The van der Waals surface area contributed by atoms with Crippen molar-refractivity contribution in [1.29, 1.82) is 0 Å². The van der Waals surface area contributed by atoms with E-state index < -0.39 is 6.04 Å². The molecule has 1 heterocycles.